The van der Waals surface area contributed by atoms with E-state index in [0.29, 0.717) is 17.9 Å². The Hall–Kier alpha value is -2.86. The molecule has 0 amide bonds. The average molecular weight is 396 g/mol. The lowest BCUT2D eigenvalue weighted by Gasteiger charge is -2.10. The van der Waals surface area contributed by atoms with Gasteiger partial charge in [-0.25, -0.2) is 13.4 Å². The average Bonchev–Trinajstić information content (AvgIpc) is 2.63. The van der Waals surface area contributed by atoms with Gasteiger partial charge >= 0.3 is 0 Å². The van der Waals surface area contributed by atoms with Gasteiger partial charge < -0.3 is 5.32 Å². The van der Waals surface area contributed by atoms with Gasteiger partial charge in [-0.3, -0.25) is 4.72 Å². The minimum atomic E-state index is -3.40. The van der Waals surface area contributed by atoms with Crippen LogP contribution in [0.3, 0.4) is 0 Å². The Morgan fingerprint density at radius 3 is 2.25 bits per heavy atom. The monoisotopic (exact) mass is 395 g/mol. The number of hydrogen-bond donors (Lipinski definition) is 2. The molecule has 28 heavy (non-hydrogen) atoms. The molecule has 1 aromatic heterocycles. The molecule has 1 heterocycles. The summed E-state index contributed by atoms with van der Waals surface area (Å²) < 4.78 is 27.2. The summed E-state index contributed by atoms with van der Waals surface area (Å²) in [5.74, 6) is 0.738. The van der Waals surface area contributed by atoms with E-state index in [2.05, 4.69) is 21.1 Å². The minimum absolute atomic E-state index is 0.0739. The highest BCUT2D eigenvalue weighted by molar-refractivity contribution is 7.92. The Morgan fingerprint density at radius 1 is 0.893 bits per heavy atom. The highest BCUT2D eigenvalue weighted by Gasteiger charge is 2.11. The molecule has 2 N–H and O–H groups in total. The number of sulfonamides is 1. The van der Waals surface area contributed by atoms with E-state index in [-0.39, 0.29) is 5.75 Å². The number of aromatic nitrogens is 1. The van der Waals surface area contributed by atoms with Crippen molar-refractivity contribution < 1.29 is 8.42 Å². The molecule has 0 aliphatic rings. The lowest BCUT2D eigenvalue weighted by atomic mass is 10.1. The molecular formula is C22H25N3O2S. The Morgan fingerprint density at radius 2 is 1.61 bits per heavy atom. The molecule has 0 atom stereocenters. The predicted molar refractivity (Wildman–Crippen MR) is 116 cm³/mol. The summed E-state index contributed by atoms with van der Waals surface area (Å²) in [5, 5.41) is 3.24. The van der Waals surface area contributed by atoms with Gasteiger partial charge in [-0.2, -0.15) is 0 Å². The van der Waals surface area contributed by atoms with Gasteiger partial charge in [0.25, 0.3) is 0 Å². The molecule has 0 spiro atoms. The third-order valence-electron chi connectivity index (χ3n) is 4.25. The fourth-order valence-electron chi connectivity index (χ4n) is 3.06. The molecule has 3 rings (SSSR count). The van der Waals surface area contributed by atoms with Crippen molar-refractivity contribution in [3.63, 3.8) is 0 Å². The largest absolute Gasteiger partial charge is 0.340 e. The Kier molecular flexibility index (Phi) is 6.31. The third-order valence-corrected chi connectivity index (χ3v) is 5.63. The van der Waals surface area contributed by atoms with Gasteiger partial charge in [-0.05, 0) is 67.6 Å². The van der Waals surface area contributed by atoms with E-state index in [1.807, 2.05) is 56.3 Å². The standard InChI is InChI=1S/C22H25N3O2S/c1-17-13-18(2)15-21(14-17)24-22-11-10-20(16-23-22)25-28(26,27)12-6-9-19-7-4-3-5-8-19/h3-5,7-8,10-11,13-16,25H,6,9,12H2,1-2H3,(H,23,24). The SMILES string of the molecule is Cc1cc(C)cc(Nc2ccc(NS(=O)(=O)CCCc3ccccc3)cn2)c1. The van der Waals surface area contributed by atoms with Gasteiger partial charge in [-0.15, -0.1) is 0 Å². The van der Waals surface area contributed by atoms with Gasteiger partial charge in [-0.1, -0.05) is 36.4 Å². The first-order valence-electron chi connectivity index (χ1n) is 9.25. The van der Waals surface area contributed by atoms with Crippen molar-refractivity contribution in [1.82, 2.24) is 4.98 Å². The number of benzene rings is 2. The summed E-state index contributed by atoms with van der Waals surface area (Å²) in [4.78, 5) is 4.31. The van der Waals surface area contributed by atoms with Crippen molar-refractivity contribution in [2.24, 2.45) is 0 Å². The van der Waals surface area contributed by atoms with Gasteiger partial charge in [0.1, 0.15) is 5.82 Å². The molecule has 5 nitrogen and oxygen atoms in total. The molecule has 0 unspecified atom stereocenters. The number of anilines is 3. The van der Waals surface area contributed by atoms with Crippen LogP contribution in [0, 0.1) is 13.8 Å². The van der Waals surface area contributed by atoms with Crippen LogP contribution in [-0.2, 0) is 16.4 Å². The maximum Gasteiger partial charge on any atom is 0.232 e. The Labute approximate surface area is 166 Å². The summed E-state index contributed by atoms with van der Waals surface area (Å²) in [6.07, 6.45) is 2.83. The van der Waals surface area contributed by atoms with E-state index in [4.69, 9.17) is 0 Å². The fourth-order valence-corrected chi connectivity index (χ4v) is 4.17. The van der Waals surface area contributed by atoms with E-state index >= 15 is 0 Å². The quantitative estimate of drug-likeness (QED) is 0.574. The first-order chi connectivity index (χ1) is 13.4. The zero-order valence-corrected chi connectivity index (χ0v) is 17.0. The van der Waals surface area contributed by atoms with E-state index < -0.39 is 10.0 Å². The minimum Gasteiger partial charge on any atom is -0.340 e. The van der Waals surface area contributed by atoms with Crippen LogP contribution in [0.4, 0.5) is 17.2 Å². The highest BCUT2D eigenvalue weighted by atomic mass is 32.2. The normalized spacial score (nSPS) is 11.2. The van der Waals surface area contributed by atoms with E-state index in [1.54, 1.807) is 12.1 Å². The number of hydrogen-bond acceptors (Lipinski definition) is 4. The Balaban J connectivity index is 1.55. The van der Waals surface area contributed by atoms with Crippen molar-refractivity contribution in [1.29, 1.82) is 0 Å². The van der Waals surface area contributed by atoms with Gasteiger partial charge in [0.2, 0.25) is 10.0 Å². The van der Waals surface area contributed by atoms with Crippen LogP contribution in [-0.4, -0.2) is 19.2 Å². The van der Waals surface area contributed by atoms with Crippen molar-refractivity contribution in [3.8, 4) is 0 Å². The molecule has 0 fully saturated rings. The van der Waals surface area contributed by atoms with E-state index in [9.17, 15) is 8.42 Å². The summed E-state index contributed by atoms with van der Waals surface area (Å²) in [7, 11) is -3.40. The first kappa shape index (κ1) is 19.9. The fraction of sp³-hybridized carbons (Fsp3) is 0.227. The number of nitrogens with zero attached hydrogens (tertiary/aromatic N) is 1. The second-order valence-electron chi connectivity index (χ2n) is 6.94. The van der Waals surface area contributed by atoms with Crippen LogP contribution >= 0.6 is 0 Å². The van der Waals surface area contributed by atoms with E-state index in [0.717, 1.165) is 17.7 Å². The molecule has 146 valence electrons. The maximum atomic E-state index is 12.3. The van der Waals surface area contributed by atoms with Crippen LogP contribution in [0.5, 0.6) is 0 Å². The topological polar surface area (TPSA) is 71.1 Å². The molecule has 0 saturated carbocycles. The van der Waals surface area contributed by atoms with Gasteiger partial charge in [0, 0.05) is 5.69 Å². The van der Waals surface area contributed by atoms with Crippen LogP contribution in [0.2, 0.25) is 0 Å². The maximum absolute atomic E-state index is 12.3. The van der Waals surface area contributed by atoms with Crippen LogP contribution in [0.25, 0.3) is 0 Å². The van der Waals surface area contributed by atoms with Crippen molar-refractivity contribution >= 4 is 27.2 Å². The molecule has 0 saturated heterocycles. The summed E-state index contributed by atoms with van der Waals surface area (Å²) in [6, 6.07) is 19.5. The van der Waals surface area contributed by atoms with Crippen molar-refractivity contribution in [3.05, 3.63) is 83.6 Å². The van der Waals surface area contributed by atoms with Gasteiger partial charge in [0.15, 0.2) is 0 Å². The van der Waals surface area contributed by atoms with Crippen LogP contribution < -0.4 is 10.0 Å². The Bertz CT molecular complexity index is 997. The first-order valence-corrected chi connectivity index (χ1v) is 10.9. The molecule has 6 heteroatoms. The summed E-state index contributed by atoms with van der Waals surface area (Å²) in [5.41, 5.74) is 4.90. The number of nitrogens with one attached hydrogen (secondary N) is 2. The molecular weight excluding hydrogens is 370 g/mol. The second-order valence-corrected chi connectivity index (χ2v) is 8.79. The van der Waals surface area contributed by atoms with Crippen molar-refractivity contribution in [2.75, 3.05) is 15.8 Å². The van der Waals surface area contributed by atoms with Crippen LogP contribution in [0.15, 0.2) is 66.9 Å². The summed E-state index contributed by atoms with van der Waals surface area (Å²) >= 11 is 0. The molecule has 0 radical (unpaired) electrons. The molecule has 2 aromatic carbocycles. The lowest BCUT2D eigenvalue weighted by Crippen LogP contribution is -2.17. The number of pyridine rings is 1. The predicted octanol–water partition coefficient (Wildman–Crippen LogP) is 4.82. The lowest BCUT2D eigenvalue weighted by molar-refractivity contribution is 0.598. The van der Waals surface area contributed by atoms with E-state index in [1.165, 1.54) is 17.3 Å². The zero-order valence-electron chi connectivity index (χ0n) is 16.1. The van der Waals surface area contributed by atoms with Gasteiger partial charge in [0.05, 0.1) is 17.6 Å². The summed E-state index contributed by atoms with van der Waals surface area (Å²) in [6.45, 7) is 4.09. The zero-order chi connectivity index (χ0) is 20.0. The molecule has 0 aliphatic carbocycles. The third kappa shape index (κ3) is 6.09. The highest BCUT2D eigenvalue weighted by Crippen LogP contribution is 2.19. The molecule has 0 aliphatic heterocycles. The van der Waals surface area contributed by atoms with Crippen molar-refractivity contribution in [2.45, 2.75) is 26.7 Å². The smallest absolute Gasteiger partial charge is 0.232 e. The number of rotatable bonds is 8. The second kappa shape index (κ2) is 8.89. The molecule has 3 aromatic rings. The number of aryl methyl sites for hydroxylation is 3. The molecule has 0 bridgehead atoms. The van der Waals surface area contributed by atoms with Crippen LogP contribution in [0.1, 0.15) is 23.1 Å².